The highest BCUT2D eigenvalue weighted by molar-refractivity contribution is 9.10. The molecule has 0 atom stereocenters. The van der Waals surface area contributed by atoms with Crippen LogP contribution in [0, 0.1) is 0 Å². The van der Waals surface area contributed by atoms with Gasteiger partial charge in [-0.25, -0.2) is 0 Å². The van der Waals surface area contributed by atoms with Crippen LogP contribution in [0.1, 0.15) is 25.3 Å². The molecule has 0 aromatic heterocycles. The van der Waals surface area contributed by atoms with E-state index in [1.54, 1.807) is 6.92 Å². The second kappa shape index (κ2) is 4.35. The van der Waals surface area contributed by atoms with Gasteiger partial charge in [0.15, 0.2) is 0 Å². The summed E-state index contributed by atoms with van der Waals surface area (Å²) in [5.41, 5.74) is 1.03. The molecule has 1 aliphatic rings. The van der Waals surface area contributed by atoms with Gasteiger partial charge in [-0.15, -0.1) is 0 Å². The Kier molecular flexibility index (Phi) is 3.10. The van der Waals surface area contributed by atoms with E-state index in [1.165, 1.54) is 0 Å². The molecular weight excluding hydrogens is 256 g/mol. The molecule has 0 heterocycles. The third-order valence-corrected chi connectivity index (χ3v) is 2.89. The van der Waals surface area contributed by atoms with E-state index in [9.17, 15) is 4.79 Å². The zero-order valence-electron chi connectivity index (χ0n) is 8.63. The summed E-state index contributed by atoms with van der Waals surface area (Å²) in [4.78, 5) is 11.0. The lowest BCUT2D eigenvalue weighted by atomic mass is 10.1. The number of benzene rings is 1. The van der Waals surface area contributed by atoms with Gasteiger partial charge in [-0.3, -0.25) is 4.79 Å². The lowest BCUT2D eigenvalue weighted by molar-refractivity contribution is -0.116. The number of halogens is 1. The number of carbonyl (C=O) groups is 1. The summed E-state index contributed by atoms with van der Waals surface area (Å²) in [5.74, 6) is 1.06. The molecule has 1 saturated carbocycles. The number of Topliss-reactive ketones (excluding diaryl/α,β-unsaturated/α-hetero) is 1. The Morgan fingerprint density at radius 1 is 1.53 bits per heavy atom. The van der Waals surface area contributed by atoms with Gasteiger partial charge in [0, 0.05) is 6.42 Å². The van der Waals surface area contributed by atoms with E-state index < -0.39 is 0 Å². The smallest absolute Gasteiger partial charge is 0.134 e. The van der Waals surface area contributed by atoms with E-state index in [1.807, 2.05) is 18.2 Å². The van der Waals surface area contributed by atoms with Crippen molar-refractivity contribution in [2.24, 2.45) is 0 Å². The summed E-state index contributed by atoms with van der Waals surface area (Å²) >= 11 is 3.46. The minimum absolute atomic E-state index is 0.178. The fourth-order valence-corrected chi connectivity index (χ4v) is 1.92. The number of hydrogen-bond acceptors (Lipinski definition) is 2. The first-order chi connectivity index (χ1) is 7.15. The van der Waals surface area contributed by atoms with E-state index in [0.717, 1.165) is 28.6 Å². The van der Waals surface area contributed by atoms with Crippen molar-refractivity contribution < 1.29 is 9.53 Å². The second-order valence-corrected chi connectivity index (χ2v) is 4.82. The Morgan fingerprint density at radius 2 is 2.27 bits per heavy atom. The average molecular weight is 269 g/mol. The zero-order chi connectivity index (χ0) is 10.8. The molecule has 0 aliphatic heterocycles. The quantitative estimate of drug-likeness (QED) is 0.839. The van der Waals surface area contributed by atoms with Crippen molar-refractivity contribution in [3.63, 3.8) is 0 Å². The van der Waals surface area contributed by atoms with Gasteiger partial charge in [-0.05, 0) is 53.4 Å². The fourth-order valence-electron chi connectivity index (χ4n) is 1.40. The molecule has 2 rings (SSSR count). The number of hydrogen-bond donors (Lipinski definition) is 0. The van der Waals surface area contributed by atoms with Crippen molar-refractivity contribution in [3.05, 3.63) is 28.2 Å². The Hall–Kier alpha value is -0.830. The zero-order valence-corrected chi connectivity index (χ0v) is 10.2. The fraction of sp³-hybridized carbons (Fsp3) is 0.417. The molecule has 0 bridgehead atoms. The van der Waals surface area contributed by atoms with Gasteiger partial charge in [0.1, 0.15) is 11.5 Å². The summed E-state index contributed by atoms with van der Waals surface area (Å²) in [7, 11) is 0. The van der Waals surface area contributed by atoms with Crippen LogP contribution in [0.4, 0.5) is 0 Å². The summed E-state index contributed by atoms with van der Waals surface area (Å²) in [6, 6.07) is 5.84. The van der Waals surface area contributed by atoms with Crippen molar-refractivity contribution in [2.45, 2.75) is 32.3 Å². The van der Waals surface area contributed by atoms with Crippen LogP contribution in [-0.4, -0.2) is 11.9 Å². The van der Waals surface area contributed by atoms with Crippen molar-refractivity contribution in [2.75, 3.05) is 0 Å². The third kappa shape index (κ3) is 3.06. The highest BCUT2D eigenvalue weighted by Crippen LogP contribution is 2.32. The second-order valence-electron chi connectivity index (χ2n) is 3.96. The molecule has 0 saturated heterocycles. The van der Waals surface area contributed by atoms with Crippen LogP contribution in [0.2, 0.25) is 0 Å². The topological polar surface area (TPSA) is 26.3 Å². The molecule has 0 radical (unpaired) electrons. The van der Waals surface area contributed by atoms with Crippen LogP contribution in [0.15, 0.2) is 22.7 Å². The Balaban J connectivity index is 2.10. The Labute approximate surface area is 97.8 Å². The molecule has 1 aromatic carbocycles. The van der Waals surface area contributed by atoms with E-state index in [-0.39, 0.29) is 5.78 Å². The maximum Gasteiger partial charge on any atom is 0.134 e. The number of carbonyl (C=O) groups excluding carboxylic acids is 1. The van der Waals surface area contributed by atoms with Crippen molar-refractivity contribution in [1.82, 2.24) is 0 Å². The van der Waals surface area contributed by atoms with Crippen molar-refractivity contribution >= 4 is 21.7 Å². The third-order valence-electron chi connectivity index (χ3n) is 2.27. The molecule has 1 aromatic rings. The summed E-state index contributed by atoms with van der Waals surface area (Å²) in [6.07, 6.45) is 3.20. The summed E-state index contributed by atoms with van der Waals surface area (Å²) in [5, 5.41) is 0. The van der Waals surface area contributed by atoms with Crippen LogP contribution in [0.3, 0.4) is 0 Å². The van der Waals surface area contributed by atoms with E-state index in [4.69, 9.17) is 4.74 Å². The maximum atomic E-state index is 11.0. The molecule has 1 fully saturated rings. The molecular formula is C12H13BrO2. The first-order valence-electron chi connectivity index (χ1n) is 5.09. The Morgan fingerprint density at radius 3 is 2.80 bits per heavy atom. The molecule has 15 heavy (non-hydrogen) atoms. The van der Waals surface area contributed by atoms with Gasteiger partial charge in [-0.1, -0.05) is 6.07 Å². The minimum Gasteiger partial charge on any atom is -0.489 e. The van der Waals surface area contributed by atoms with Crippen LogP contribution in [-0.2, 0) is 11.2 Å². The van der Waals surface area contributed by atoms with E-state index >= 15 is 0 Å². The highest BCUT2D eigenvalue weighted by Gasteiger charge is 2.24. The largest absolute Gasteiger partial charge is 0.489 e. The lowest BCUT2D eigenvalue weighted by Crippen LogP contribution is -1.99. The van der Waals surface area contributed by atoms with Gasteiger partial charge in [0.25, 0.3) is 0 Å². The average Bonchev–Trinajstić information content (AvgIpc) is 2.92. The lowest BCUT2D eigenvalue weighted by Gasteiger charge is -2.08. The van der Waals surface area contributed by atoms with Crippen molar-refractivity contribution in [3.8, 4) is 5.75 Å². The van der Waals surface area contributed by atoms with Crippen LogP contribution < -0.4 is 4.74 Å². The summed E-state index contributed by atoms with van der Waals surface area (Å²) in [6.45, 7) is 1.60. The molecule has 1 aliphatic carbocycles. The number of ketones is 1. The van der Waals surface area contributed by atoms with Gasteiger partial charge >= 0.3 is 0 Å². The monoisotopic (exact) mass is 268 g/mol. The maximum absolute atomic E-state index is 11.0. The standard InChI is InChI=1S/C12H13BrO2/c1-8(14)6-9-2-5-12(11(13)7-9)15-10-3-4-10/h2,5,7,10H,3-4,6H2,1H3. The van der Waals surface area contributed by atoms with Crippen LogP contribution in [0.5, 0.6) is 5.75 Å². The SMILES string of the molecule is CC(=O)Cc1ccc(OC2CC2)c(Br)c1. The molecule has 2 nitrogen and oxygen atoms in total. The molecule has 80 valence electrons. The van der Waals surface area contributed by atoms with Crippen molar-refractivity contribution in [1.29, 1.82) is 0 Å². The molecule has 0 spiro atoms. The van der Waals surface area contributed by atoms with Gasteiger partial charge < -0.3 is 4.74 Å². The molecule has 3 heteroatoms. The summed E-state index contributed by atoms with van der Waals surface area (Å²) < 4.78 is 6.62. The predicted octanol–water partition coefficient (Wildman–Crippen LogP) is 3.12. The first-order valence-corrected chi connectivity index (χ1v) is 5.89. The number of rotatable bonds is 4. The van der Waals surface area contributed by atoms with Crippen LogP contribution in [0.25, 0.3) is 0 Å². The van der Waals surface area contributed by atoms with Gasteiger partial charge in [0.05, 0.1) is 10.6 Å². The molecule has 0 unspecified atom stereocenters. The van der Waals surface area contributed by atoms with Crippen LogP contribution >= 0.6 is 15.9 Å². The highest BCUT2D eigenvalue weighted by atomic mass is 79.9. The first kappa shape index (κ1) is 10.7. The van der Waals surface area contributed by atoms with Gasteiger partial charge in [-0.2, -0.15) is 0 Å². The Bertz CT molecular complexity index is 383. The van der Waals surface area contributed by atoms with E-state index in [0.29, 0.717) is 12.5 Å². The van der Waals surface area contributed by atoms with E-state index in [2.05, 4.69) is 15.9 Å². The number of ether oxygens (including phenoxy) is 1. The van der Waals surface area contributed by atoms with Gasteiger partial charge in [0.2, 0.25) is 0 Å². The molecule has 0 amide bonds. The normalized spacial score (nSPS) is 15.1. The minimum atomic E-state index is 0.178. The molecule has 0 N–H and O–H groups in total. The predicted molar refractivity (Wildman–Crippen MR) is 62.2 cm³/mol.